The van der Waals surface area contributed by atoms with Crippen molar-refractivity contribution in [3.05, 3.63) is 35.4 Å². The van der Waals surface area contributed by atoms with Gasteiger partial charge in [-0.15, -0.1) is 0 Å². The highest BCUT2D eigenvalue weighted by Gasteiger charge is 2.00. The first kappa shape index (κ1) is 14.4. The van der Waals surface area contributed by atoms with Crippen LogP contribution in [0, 0.1) is 0 Å². The van der Waals surface area contributed by atoms with E-state index in [1.54, 1.807) is 32.2 Å². The van der Waals surface area contributed by atoms with Gasteiger partial charge in [0.2, 0.25) is 0 Å². The number of carbonyl (C=O) groups excluding carboxylic acids is 1. The molecule has 0 unspecified atom stereocenters. The maximum Gasteiger partial charge on any atom is 0.330 e. The van der Waals surface area contributed by atoms with E-state index < -0.39 is 0 Å². The van der Waals surface area contributed by atoms with E-state index in [4.69, 9.17) is 21.1 Å². The first-order chi connectivity index (χ1) is 8.67. The van der Waals surface area contributed by atoms with Gasteiger partial charge in [0.25, 0.3) is 0 Å². The fraction of sp³-hybridized carbons (Fsp3) is 0.308. The van der Waals surface area contributed by atoms with Crippen molar-refractivity contribution < 1.29 is 14.3 Å². The molecule has 4 nitrogen and oxygen atoms in total. The monoisotopic (exact) mass is 269 g/mol. The van der Waals surface area contributed by atoms with E-state index >= 15 is 0 Å². The summed E-state index contributed by atoms with van der Waals surface area (Å²) in [5, 5.41) is 3.64. The molecule has 0 radical (unpaired) electrons. The molecule has 0 amide bonds. The Bertz CT molecular complexity index is 432. The van der Waals surface area contributed by atoms with Gasteiger partial charge in [-0.2, -0.15) is 0 Å². The third kappa shape index (κ3) is 4.67. The average Bonchev–Trinajstić information content (AvgIpc) is 2.35. The predicted molar refractivity (Wildman–Crippen MR) is 72.3 cm³/mol. The van der Waals surface area contributed by atoms with Crippen LogP contribution in [0.1, 0.15) is 6.92 Å². The number of hydrogen-bond donors (Lipinski definition) is 1. The maximum atomic E-state index is 11.0. The smallest absolute Gasteiger partial charge is 0.330 e. The molecule has 18 heavy (non-hydrogen) atoms. The minimum atomic E-state index is -0.341. The summed E-state index contributed by atoms with van der Waals surface area (Å²) in [5.74, 6) is 0.288. The van der Waals surface area contributed by atoms with Crippen molar-refractivity contribution >= 4 is 23.3 Å². The summed E-state index contributed by atoms with van der Waals surface area (Å²) < 4.78 is 9.80. The van der Waals surface area contributed by atoms with Crippen LogP contribution in [0.3, 0.4) is 0 Å². The van der Waals surface area contributed by atoms with Crippen LogP contribution in [0.15, 0.2) is 30.4 Å². The van der Waals surface area contributed by atoms with Crippen LogP contribution in [0.2, 0.25) is 5.02 Å². The normalized spacial score (nSPS) is 10.4. The van der Waals surface area contributed by atoms with E-state index in [2.05, 4.69) is 5.32 Å². The van der Waals surface area contributed by atoms with Crippen LogP contribution < -0.4 is 10.1 Å². The lowest BCUT2D eigenvalue weighted by Gasteiger charge is -2.07. The van der Waals surface area contributed by atoms with Gasteiger partial charge in [-0.1, -0.05) is 17.7 Å². The Morgan fingerprint density at radius 1 is 1.50 bits per heavy atom. The van der Waals surface area contributed by atoms with E-state index in [0.29, 0.717) is 23.9 Å². The number of esters is 1. The van der Waals surface area contributed by atoms with Gasteiger partial charge in [0.1, 0.15) is 5.75 Å². The highest BCUT2D eigenvalue weighted by Crippen LogP contribution is 2.26. The average molecular weight is 270 g/mol. The Morgan fingerprint density at radius 3 is 2.89 bits per heavy atom. The lowest BCUT2D eigenvalue weighted by Crippen LogP contribution is -2.02. The molecule has 0 aromatic heterocycles. The first-order valence-electron chi connectivity index (χ1n) is 5.58. The molecule has 0 spiro atoms. The van der Waals surface area contributed by atoms with Crippen LogP contribution in [-0.2, 0) is 9.53 Å². The molecule has 0 heterocycles. The van der Waals surface area contributed by atoms with Crippen molar-refractivity contribution in [1.29, 1.82) is 0 Å². The van der Waals surface area contributed by atoms with Crippen molar-refractivity contribution in [2.75, 3.05) is 25.6 Å². The summed E-state index contributed by atoms with van der Waals surface area (Å²) in [4.78, 5) is 11.0. The fourth-order valence-electron chi connectivity index (χ4n) is 1.30. The van der Waals surface area contributed by atoms with Crippen molar-refractivity contribution in [2.24, 2.45) is 0 Å². The van der Waals surface area contributed by atoms with Gasteiger partial charge in [0.05, 0.1) is 18.7 Å². The number of anilines is 1. The highest BCUT2D eigenvalue weighted by molar-refractivity contribution is 6.32. The molecule has 0 saturated carbocycles. The molecule has 1 aromatic carbocycles. The van der Waals surface area contributed by atoms with E-state index in [1.165, 1.54) is 6.08 Å². The van der Waals surface area contributed by atoms with Crippen molar-refractivity contribution in [3.8, 4) is 5.75 Å². The molecule has 0 aliphatic carbocycles. The van der Waals surface area contributed by atoms with Crippen molar-refractivity contribution in [1.82, 2.24) is 0 Å². The lowest BCUT2D eigenvalue weighted by atomic mass is 10.3. The van der Waals surface area contributed by atoms with Crippen molar-refractivity contribution in [3.63, 3.8) is 0 Å². The number of halogens is 1. The second-order valence-electron chi connectivity index (χ2n) is 3.38. The summed E-state index contributed by atoms with van der Waals surface area (Å²) in [6, 6.07) is 5.39. The van der Waals surface area contributed by atoms with E-state index in [1.807, 2.05) is 6.07 Å². The molecular weight excluding hydrogens is 254 g/mol. The maximum absolute atomic E-state index is 11.0. The van der Waals surface area contributed by atoms with Crippen LogP contribution in [0.25, 0.3) is 0 Å². The molecule has 0 bridgehead atoms. The highest BCUT2D eigenvalue weighted by atomic mass is 35.5. The van der Waals surface area contributed by atoms with E-state index in [0.717, 1.165) is 5.69 Å². The van der Waals surface area contributed by atoms with Crippen LogP contribution in [-0.4, -0.2) is 26.2 Å². The number of methoxy groups -OCH3 is 1. The number of ether oxygens (including phenoxy) is 2. The Kier molecular flexibility index (Phi) is 6.08. The lowest BCUT2D eigenvalue weighted by molar-refractivity contribution is -0.137. The van der Waals surface area contributed by atoms with Gasteiger partial charge in [-0.05, 0) is 25.1 Å². The van der Waals surface area contributed by atoms with Gasteiger partial charge in [-0.3, -0.25) is 0 Å². The molecule has 0 atom stereocenters. The summed E-state index contributed by atoms with van der Waals surface area (Å²) in [6.07, 6.45) is 3.08. The quantitative estimate of drug-likeness (QED) is 0.637. The molecule has 0 saturated heterocycles. The molecule has 98 valence electrons. The molecular formula is C13H16ClNO3. The number of hydrogen-bond acceptors (Lipinski definition) is 4. The summed E-state index contributed by atoms with van der Waals surface area (Å²) in [6.45, 7) is 2.66. The van der Waals surface area contributed by atoms with Gasteiger partial charge in [0.15, 0.2) is 0 Å². The zero-order chi connectivity index (χ0) is 13.4. The Morgan fingerprint density at radius 2 is 2.28 bits per heavy atom. The zero-order valence-electron chi connectivity index (χ0n) is 10.4. The first-order valence-corrected chi connectivity index (χ1v) is 5.96. The number of carbonyl (C=O) groups is 1. The van der Waals surface area contributed by atoms with Gasteiger partial charge < -0.3 is 14.8 Å². The minimum Gasteiger partial charge on any atom is -0.495 e. The number of nitrogens with one attached hydrogen (secondary N) is 1. The summed E-state index contributed by atoms with van der Waals surface area (Å²) in [7, 11) is 1.57. The molecule has 0 aliphatic heterocycles. The number of rotatable bonds is 6. The second kappa shape index (κ2) is 7.61. The topological polar surface area (TPSA) is 47.6 Å². The Labute approximate surface area is 112 Å². The summed E-state index contributed by atoms with van der Waals surface area (Å²) in [5.41, 5.74) is 0.856. The molecule has 1 rings (SSSR count). The van der Waals surface area contributed by atoms with Crippen LogP contribution in [0.5, 0.6) is 5.75 Å². The van der Waals surface area contributed by atoms with Gasteiger partial charge in [0, 0.05) is 18.3 Å². The zero-order valence-corrected chi connectivity index (χ0v) is 11.2. The van der Waals surface area contributed by atoms with Crippen LogP contribution in [0.4, 0.5) is 5.69 Å². The van der Waals surface area contributed by atoms with E-state index in [9.17, 15) is 4.79 Å². The van der Waals surface area contributed by atoms with Gasteiger partial charge >= 0.3 is 5.97 Å². The third-order valence-corrected chi connectivity index (χ3v) is 2.41. The van der Waals surface area contributed by atoms with Gasteiger partial charge in [-0.25, -0.2) is 4.79 Å². The molecule has 5 heteroatoms. The molecule has 1 aromatic rings. The molecule has 0 aliphatic rings. The SMILES string of the molecule is CCOC(=O)/C=C/CNc1ccc(OC)c(Cl)c1. The number of benzene rings is 1. The molecule has 1 N–H and O–H groups in total. The molecule has 0 fully saturated rings. The fourth-order valence-corrected chi connectivity index (χ4v) is 1.56. The largest absolute Gasteiger partial charge is 0.495 e. The minimum absolute atomic E-state index is 0.341. The predicted octanol–water partition coefficient (Wildman–Crippen LogP) is 2.88. The Hall–Kier alpha value is -1.68. The third-order valence-electron chi connectivity index (χ3n) is 2.12. The standard InChI is InChI=1S/C13H16ClNO3/c1-3-18-13(16)5-4-8-15-10-6-7-12(17-2)11(14)9-10/h4-7,9,15H,3,8H2,1-2H3/b5-4+. The Balaban J connectivity index is 2.44. The van der Waals surface area contributed by atoms with Crippen molar-refractivity contribution in [2.45, 2.75) is 6.92 Å². The van der Waals surface area contributed by atoms with E-state index in [-0.39, 0.29) is 5.97 Å². The summed E-state index contributed by atoms with van der Waals surface area (Å²) >= 11 is 5.98. The van der Waals surface area contributed by atoms with Crippen LogP contribution >= 0.6 is 11.6 Å². The second-order valence-corrected chi connectivity index (χ2v) is 3.79.